The van der Waals surface area contributed by atoms with Crippen LogP contribution in [0.15, 0.2) is 48.8 Å². The second-order valence-electron chi connectivity index (χ2n) is 8.62. The SMILES string of the molecule is CC(C)(C)OC(=O)CCn1cc(C2=CCC(C(=O)OCc3ccccc3)CC2)cn1. The van der Waals surface area contributed by atoms with Gasteiger partial charge in [-0.3, -0.25) is 14.3 Å². The molecule has 3 rings (SSSR count). The van der Waals surface area contributed by atoms with E-state index >= 15 is 0 Å². The summed E-state index contributed by atoms with van der Waals surface area (Å²) in [5.41, 5.74) is 2.75. The van der Waals surface area contributed by atoms with Crippen LogP contribution in [0.2, 0.25) is 0 Å². The third-order valence-electron chi connectivity index (χ3n) is 4.94. The molecule has 6 nitrogen and oxygen atoms in total. The molecule has 2 aromatic rings. The Hall–Kier alpha value is -2.89. The molecular weight excluding hydrogens is 380 g/mol. The summed E-state index contributed by atoms with van der Waals surface area (Å²) in [6.07, 6.45) is 8.40. The number of esters is 2. The van der Waals surface area contributed by atoms with Crippen molar-refractivity contribution in [1.29, 1.82) is 0 Å². The first kappa shape index (κ1) is 21.8. The van der Waals surface area contributed by atoms with Crippen LogP contribution in [0.25, 0.3) is 5.57 Å². The standard InChI is InChI=1S/C24H30N2O4/c1-24(2,3)30-22(27)13-14-26-16-21(15-25-26)19-9-11-20(12-10-19)23(28)29-17-18-7-5-4-6-8-18/h4-9,15-16,20H,10-14,17H2,1-3H3. The van der Waals surface area contributed by atoms with Crippen LogP contribution in [0.5, 0.6) is 0 Å². The van der Waals surface area contributed by atoms with Gasteiger partial charge in [-0.15, -0.1) is 0 Å². The lowest BCUT2D eigenvalue weighted by Gasteiger charge is -2.20. The van der Waals surface area contributed by atoms with E-state index < -0.39 is 5.60 Å². The molecule has 1 aliphatic rings. The number of rotatable bonds is 7. The number of hydrogen-bond acceptors (Lipinski definition) is 5. The number of hydrogen-bond donors (Lipinski definition) is 0. The van der Waals surface area contributed by atoms with Crippen LogP contribution in [0, 0.1) is 5.92 Å². The average Bonchev–Trinajstić information content (AvgIpc) is 3.19. The number of ether oxygens (including phenoxy) is 2. The molecule has 0 radical (unpaired) electrons. The van der Waals surface area contributed by atoms with Crippen LogP contribution in [0.3, 0.4) is 0 Å². The maximum absolute atomic E-state index is 12.4. The monoisotopic (exact) mass is 410 g/mol. The minimum atomic E-state index is -0.474. The first-order chi connectivity index (χ1) is 14.3. The summed E-state index contributed by atoms with van der Waals surface area (Å²) in [6, 6.07) is 9.72. The van der Waals surface area contributed by atoms with Crippen molar-refractivity contribution < 1.29 is 19.1 Å². The molecule has 1 heterocycles. The smallest absolute Gasteiger partial charge is 0.309 e. The van der Waals surface area contributed by atoms with Crippen molar-refractivity contribution in [1.82, 2.24) is 9.78 Å². The third-order valence-corrected chi connectivity index (χ3v) is 4.94. The molecule has 0 bridgehead atoms. The molecule has 30 heavy (non-hydrogen) atoms. The molecule has 0 aliphatic heterocycles. The molecule has 0 N–H and O–H groups in total. The lowest BCUT2D eigenvalue weighted by molar-refractivity contribution is -0.155. The zero-order valence-corrected chi connectivity index (χ0v) is 18.0. The van der Waals surface area contributed by atoms with E-state index in [2.05, 4.69) is 11.2 Å². The zero-order valence-electron chi connectivity index (χ0n) is 18.0. The molecule has 1 aromatic carbocycles. The van der Waals surface area contributed by atoms with E-state index in [9.17, 15) is 9.59 Å². The zero-order chi connectivity index (χ0) is 21.6. The van der Waals surface area contributed by atoms with E-state index in [4.69, 9.17) is 9.47 Å². The molecule has 0 saturated heterocycles. The van der Waals surface area contributed by atoms with Gasteiger partial charge in [0.05, 0.1) is 25.1 Å². The van der Waals surface area contributed by atoms with Gasteiger partial charge in [0.15, 0.2) is 0 Å². The van der Waals surface area contributed by atoms with Crippen molar-refractivity contribution >= 4 is 17.5 Å². The number of aryl methyl sites for hydroxylation is 1. The van der Waals surface area contributed by atoms with E-state index in [0.29, 0.717) is 19.6 Å². The lowest BCUT2D eigenvalue weighted by atomic mass is 9.87. The summed E-state index contributed by atoms with van der Waals surface area (Å²) in [5, 5.41) is 4.35. The summed E-state index contributed by atoms with van der Waals surface area (Å²) in [4.78, 5) is 24.2. The van der Waals surface area contributed by atoms with Crippen molar-refractivity contribution in [3.05, 3.63) is 59.9 Å². The van der Waals surface area contributed by atoms with Crippen LogP contribution < -0.4 is 0 Å². The van der Waals surface area contributed by atoms with E-state index in [1.54, 1.807) is 4.68 Å². The number of nitrogens with zero attached hydrogens (tertiary/aromatic N) is 2. The highest BCUT2D eigenvalue weighted by Gasteiger charge is 2.24. The summed E-state index contributed by atoms with van der Waals surface area (Å²) < 4.78 is 12.6. The fourth-order valence-corrected chi connectivity index (χ4v) is 3.41. The highest BCUT2D eigenvalue weighted by atomic mass is 16.6. The maximum Gasteiger partial charge on any atom is 0.309 e. The van der Waals surface area contributed by atoms with Crippen molar-refractivity contribution in [3.63, 3.8) is 0 Å². The van der Waals surface area contributed by atoms with E-state index in [1.165, 1.54) is 5.57 Å². The molecular formula is C24H30N2O4. The van der Waals surface area contributed by atoms with Crippen molar-refractivity contribution in [3.8, 4) is 0 Å². The van der Waals surface area contributed by atoms with Gasteiger partial charge in [0.25, 0.3) is 0 Å². The lowest BCUT2D eigenvalue weighted by Crippen LogP contribution is -2.24. The van der Waals surface area contributed by atoms with Gasteiger partial charge < -0.3 is 9.47 Å². The predicted molar refractivity (Wildman–Crippen MR) is 114 cm³/mol. The van der Waals surface area contributed by atoms with E-state index in [-0.39, 0.29) is 24.3 Å². The minimum Gasteiger partial charge on any atom is -0.461 e. The van der Waals surface area contributed by atoms with Gasteiger partial charge >= 0.3 is 11.9 Å². The molecule has 0 amide bonds. The first-order valence-electron chi connectivity index (χ1n) is 10.4. The van der Waals surface area contributed by atoms with Crippen molar-refractivity contribution in [2.75, 3.05) is 0 Å². The summed E-state index contributed by atoms with van der Waals surface area (Å²) in [6.45, 7) is 6.37. The predicted octanol–water partition coefficient (Wildman–Crippen LogP) is 4.54. The second kappa shape index (κ2) is 9.74. The second-order valence-corrected chi connectivity index (χ2v) is 8.62. The largest absolute Gasteiger partial charge is 0.461 e. The maximum atomic E-state index is 12.4. The fourth-order valence-electron chi connectivity index (χ4n) is 3.41. The summed E-state index contributed by atoms with van der Waals surface area (Å²) in [5.74, 6) is -0.463. The number of aromatic nitrogens is 2. The van der Waals surface area contributed by atoms with Crippen LogP contribution in [0.1, 0.15) is 57.6 Å². The molecule has 0 fully saturated rings. The van der Waals surface area contributed by atoms with Gasteiger partial charge in [-0.2, -0.15) is 5.10 Å². The normalized spacial score (nSPS) is 16.6. The quantitative estimate of drug-likeness (QED) is 0.627. The first-order valence-corrected chi connectivity index (χ1v) is 10.4. The van der Waals surface area contributed by atoms with Crippen molar-refractivity contribution in [2.24, 2.45) is 5.92 Å². The molecule has 1 unspecified atom stereocenters. The van der Waals surface area contributed by atoms with E-state index in [0.717, 1.165) is 24.0 Å². The van der Waals surface area contributed by atoms with Gasteiger partial charge in [-0.05, 0) is 51.2 Å². The Bertz CT molecular complexity index is 893. The van der Waals surface area contributed by atoms with Crippen molar-refractivity contribution in [2.45, 2.75) is 65.2 Å². The topological polar surface area (TPSA) is 70.4 Å². The molecule has 1 aliphatic carbocycles. The minimum absolute atomic E-state index is 0.0975. The average molecular weight is 411 g/mol. The Morgan fingerprint density at radius 1 is 1.20 bits per heavy atom. The fraction of sp³-hybridized carbons (Fsp3) is 0.458. The van der Waals surface area contributed by atoms with Gasteiger partial charge in [0.1, 0.15) is 12.2 Å². The Morgan fingerprint density at radius 2 is 1.97 bits per heavy atom. The third kappa shape index (κ3) is 6.58. The van der Waals surface area contributed by atoms with Gasteiger partial charge in [-0.1, -0.05) is 36.4 Å². The summed E-state index contributed by atoms with van der Waals surface area (Å²) >= 11 is 0. The Balaban J connectivity index is 1.47. The number of benzene rings is 1. The summed E-state index contributed by atoms with van der Waals surface area (Å²) in [7, 11) is 0. The van der Waals surface area contributed by atoms with E-state index in [1.807, 2.05) is 63.5 Å². The Kier molecular flexibility index (Phi) is 7.08. The number of carbonyl (C=O) groups is 2. The molecule has 1 aromatic heterocycles. The molecule has 6 heteroatoms. The molecule has 0 saturated carbocycles. The Morgan fingerprint density at radius 3 is 2.63 bits per heavy atom. The number of allylic oxidation sites excluding steroid dienone is 2. The number of carbonyl (C=O) groups excluding carboxylic acids is 2. The molecule has 0 spiro atoms. The highest BCUT2D eigenvalue weighted by molar-refractivity contribution is 5.75. The van der Waals surface area contributed by atoms with Crippen LogP contribution in [-0.2, 0) is 32.2 Å². The van der Waals surface area contributed by atoms with Gasteiger partial charge in [-0.25, -0.2) is 0 Å². The highest BCUT2D eigenvalue weighted by Crippen LogP contribution is 2.31. The van der Waals surface area contributed by atoms with Crippen LogP contribution >= 0.6 is 0 Å². The molecule has 160 valence electrons. The van der Waals surface area contributed by atoms with Gasteiger partial charge in [0, 0.05) is 11.8 Å². The van der Waals surface area contributed by atoms with Gasteiger partial charge in [0.2, 0.25) is 0 Å². The molecule has 1 atom stereocenters. The van der Waals surface area contributed by atoms with Crippen LogP contribution in [-0.4, -0.2) is 27.3 Å². The van der Waals surface area contributed by atoms with Crippen LogP contribution in [0.4, 0.5) is 0 Å². The Labute approximate surface area is 177 Å².